The van der Waals surface area contributed by atoms with Crippen molar-refractivity contribution in [1.29, 1.82) is 0 Å². The van der Waals surface area contributed by atoms with E-state index >= 15 is 0 Å². The summed E-state index contributed by atoms with van der Waals surface area (Å²) in [5.41, 5.74) is 0.0785. The van der Waals surface area contributed by atoms with Crippen LogP contribution in [0.15, 0.2) is 12.3 Å². The first-order chi connectivity index (χ1) is 9.59. The normalized spacial score (nSPS) is 17.7. The molecule has 1 aromatic rings. The van der Waals surface area contributed by atoms with Crippen LogP contribution < -0.4 is 5.32 Å². The van der Waals surface area contributed by atoms with E-state index in [0.29, 0.717) is 18.4 Å². The van der Waals surface area contributed by atoms with Crippen LogP contribution in [0.3, 0.4) is 0 Å². The quantitative estimate of drug-likeness (QED) is 0.875. The fraction of sp³-hybridized carbons (Fsp3) is 0.571. The summed E-state index contributed by atoms with van der Waals surface area (Å²) < 4.78 is 0. The highest BCUT2D eigenvalue weighted by atomic mass is 35.5. The Hall–Kier alpha value is -1.33. The molecule has 2 N–H and O–H groups in total. The van der Waals surface area contributed by atoms with Gasteiger partial charge in [-0.05, 0) is 38.9 Å². The minimum atomic E-state index is -1.04. The largest absolute Gasteiger partial charge is 0.478 e. The number of aromatic nitrogens is 1. The first-order valence-electron chi connectivity index (χ1n) is 6.95. The molecule has 0 bridgehead atoms. The number of nitrogens with one attached hydrogen (secondary N) is 1. The Bertz CT molecular complexity index is 475. The highest BCUT2D eigenvalue weighted by Gasteiger charge is 2.18. The summed E-state index contributed by atoms with van der Waals surface area (Å²) in [6.45, 7) is 5.11. The maximum Gasteiger partial charge on any atom is 0.337 e. The number of aromatic carboxylic acids is 1. The molecule has 1 aliphatic heterocycles. The van der Waals surface area contributed by atoms with E-state index in [-0.39, 0.29) is 10.6 Å². The summed E-state index contributed by atoms with van der Waals surface area (Å²) in [5, 5.41) is 12.4. The number of carboxylic acids is 1. The SMILES string of the molecule is CC(CNc1nccc(C(=O)O)c1Cl)N1CCCCC1. The molecule has 0 amide bonds. The van der Waals surface area contributed by atoms with Gasteiger partial charge >= 0.3 is 5.97 Å². The zero-order valence-corrected chi connectivity index (χ0v) is 12.4. The second-order valence-electron chi connectivity index (χ2n) is 5.15. The molecule has 110 valence electrons. The average molecular weight is 298 g/mol. The number of hydrogen-bond donors (Lipinski definition) is 2. The molecular formula is C14H20ClN3O2. The van der Waals surface area contributed by atoms with Crippen molar-refractivity contribution in [2.75, 3.05) is 25.0 Å². The van der Waals surface area contributed by atoms with Gasteiger partial charge in [0.1, 0.15) is 5.82 Å². The fourth-order valence-electron chi connectivity index (χ4n) is 2.46. The van der Waals surface area contributed by atoms with Crippen LogP contribution in [0.25, 0.3) is 0 Å². The lowest BCUT2D eigenvalue weighted by Gasteiger charge is -2.32. The molecular weight excluding hydrogens is 278 g/mol. The number of halogens is 1. The van der Waals surface area contributed by atoms with Crippen LogP contribution in [0.1, 0.15) is 36.5 Å². The molecule has 0 aromatic carbocycles. The second-order valence-corrected chi connectivity index (χ2v) is 5.53. The lowest BCUT2D eigenvalue weighted by atomic mass is 10.1. The van der Waals surface area contributed by atoms with Crippen LogP contribution >= 0.6 is 11.6 Å². The molecule has 0 spiro atoms. The second kappa shape index (κ2) is 6.90. The molecule has 2 heterocycles. The van der Waals surface area contributed by atoms with Crippen molar-refractivity contribution in [2.24, 2.45) is 0 Å². The van der Waals surface area contributed by atoms with Gasteiger partial charge in [-0.1, -0.05) is 18.0 Å². The topological polar surface area (TPSA) is 65.5 Å². The number of hydrogen-bond acceptors (Lipinski definition) is 4. The summed E-state index contributed by atoms with van der Waals surface area (Å²) in [6.07, 6.45) is 5.27. The Morgan fingerprint density at radius 1 is 1.50 bits per heavy atom. The first-order valence-corrected chi connectivity index (χ1v) is 7.33. The van der Waals surface area contributed by atoms with E-state index < -0.39 is 5.97 Å². The standard InChI is InChI=1S/C14H20ClN3O2/c1-10(18-7-3-2-4-8-18)9-17-13-12(15)11(14(19)20)5-6-16-13/h5-6,10H,2-4,7-9H2,1H3,(H,16,17)(H,19,20). The third kappa shape index (κ3) is 3.61. The number of piperidine rings is 1. The van der Waals surface area contributed by atoms with Gasteiger partial charge in [0.25, 0.3) is 0 Å². The molecule has 1 atom stereocenters. The molecule has 2 rings (SSSR count). The Morgan fingerprint density at radius 2 is 2.20 bits per heavy atom. The van der Waals surface area contributed by atoms with Crippen LogP contribution in [0.2, 0.25) is 5.02 Å². The molecule has 1 saturated heterocycles. The average Bonchev–Trinajstić information content (AvgIpc) is 2.46. The summed E-state index contributed by atoms with van der Waals surface area (Å²) >= 11 is 6.05. The van der Waals surface area contributed by atoms with E-state index in [1.807, 2.05) is 0 Å². The van der Waals surface area contributed by atoms with Gasteiger partial charge in [0, 0.05) is 18.8 Å². The molecule has 0 aliphatic carbocycles. The summed E-state index contributed by atoms with van der Waals surface area (Å²) in [7, 11) is 0. The van der Waals surface area contributed by atoms with Gasteiger partial charge in [-0.2, -0.15) is 0 Å². The number of pyridine rings is 1. The maximum absolute atomic E-state index is 11.0. The Morgan fingerprint density at radius 3 is 2.85 bits per heavy atom. The van der Waals surface area contributed by atoms with E-state index in [9.17, 15) is 4.79 Å². The third-order valence-electron chi connectivity index (χ3n) is 3.70. The number of anilines is 1. The number of likely N-dealkylation sites (tertiary alicyclic amines) is 1. The van der Waals surface area contributed by atoms with Gasteiger partial charge in [0.05, 0.1) is 10.6 Å². The summed E-state index contributed by atoms with van der Waals surface area (Å²) in [4.78, 5) is 17.6. The molecule has 0 saturated carbocycles. The highest BCUT2D eigenvalue weighted by molar-refractivity contribution is 6.35. The van der Waals surface area contributed by atoms with E-state index in [0.717, 1.165) is 13.1 Å². The van der Waals surface area contributed by atoms with Crippen LogP contribution in [-0.2, 0) is 0 Å². The zero-order chi connectivity index (χ0) is 14.5. The van der Waals surface area contributed by atoms with Crippen LogP contribution in [0.4, 0.5) is 5.82 Å². The van der Waals surface area contributed by atoms with E-state index in [4.69, 9.17) is 16.7 Å². The molecule has 1 aromatic heterocycles. The van der Waals surface area contributed by atoms with Crippen LogP contribution in [-0.4, -0.2) is 46.6 Å². The number of nitrogens with zero attached hydrogens (tertiary/aromatic N) is 2. The van der Waals surface area contributed by atoms with Gasteiger partial charge in [-0.3, -0.25) is 4.90 Å². The molecule has 1 unspecified atom stereocenters. The van der Waals surface area contributed by atoms with Crippen molar-refractivity contribution in [3.8, 4) is 0 Å². The van der Waals surface area contributed by atoms with Crippen molar-refractivity contribution in [2.45, 2.75) is 32.2 Å². The Kier molecular flexibility index (Phi) is 5.20. The molecule has 20 heavy (non-hydrogen) atoms. The summed E-state index contributed by atoms with van der Waals surface area (Å²) in [6, 6.07) is 1.78. The van der Waals surface area contributed by atoms with Crippen LogP contribution in [0.5, 0.6) is 0 Å². The minimum Gasteiger partial charge on any atom is -0.478 e. The van der Waals surface area contributed by atoms with Crippen molar-refractivity contribution in [3.05, 3.63) is 22.8 Å². The molecule has 5 nitrogen and oxygen atoms in total. The van der Waals surface area contributed by atoms with Gasteiger partial charge in [-0.25, -0.2) is 9.78 Å². The highest BCUT2D eigenvalue weighted by Crippen LogP contribution is 2.23. The van der Waals surface area contributed by atoms with Crippen molar-refractivity contribution in [1.82, 2.24) is 9.88 Å². The van der Waals surface area contributed by atoms with Gasteiger partial charge in [0.2, 0.25) is 0 Å². The van der Waals surface area contributed by atoms with Crippen molar-refractivity contribution < 1.29 is 9.90 Å². The fourth-order valence-corrected chi connectivity index (χ4v) is 2.72. The van der Waals surface area contributed by atoms with E-state index in [2.05, 4.69) is 22.1 Å². The lowest BCUT2D eigenvalue weighted by Crippen LogP contribution is -2.41. The number of carbonyl (C=O) groups is 1. The van der Waals surface area contributed by atoms with Crippen molar-refractivity contribution >= 4 is 23.4 Å². The van der Waals surface area contributed by atoms with Gasteiger partial charge < -0.3 is 10.4 Å². The molecule has 6 heteroatoms. The Balaban J connectivity index is 1.96. The number of rotatable bonds is 5. The molecule has 1 aliphatic rings. The lowest BCUT2D eigenvalue weighted by molar-refractivity contribution is 0.0697. The molecule has 0 radical (unpaired) electrons. The molecule has 1 fully saturated rings. The van der Waals surface area contributed by atoms with E-state index in [1.54, 1.807) is 0 Å². The predicted molar refractivity (Wildman–Crippen MR) is 79.6 cm³/mol. The Labute approximate surface area is 123 Å². The zero-order valence-electron chi connectivity index (χ0n) is 11.6. The predicted octanol–water partition coefficient (Wildman–Crippen LogP) is 2.72. The monoisotopic (exact) mass is 297 g/mol. The smallest absolute Gasteiger partial charge is 0.337 e. The van der Waals surface area contributed by atoms with Gasteiger partial charge in [0.15, 0.2) is 0 Å². The van der Waals surface area contributed by atoms with E-state index in [1.165, 1.54) is 31.5 Å². The van der Waals surface area contributed by atoms with Crippen LogP contribution in [0, 0.1) is 0 Å². The minimum absolute atomic E-state index is 0.0785. The maximum atomic E-state index is 11.0. The van der Waals surface area contributed by atoms with Crippen molar-refractivity contribution in [3.63, 3.8) is 0 Å². The first kappa shape index (κ1) is 15.1. The third-order valence-corrected chi connectivity index (χ3v) is 4.08. The summed E-state index contributed by atoms with van der Waals surface area (Å²) in [5.74, 6) is -0.597. The number of carboxylic acid groups (broad SMARTS) is 1. The van der Waals surface area contributed by atoms with Gasteiger partial charge in [-0.15, -0.1) is 0 Å².